The fraction of sp³-hybridized carbons (Fsp3) is 0.250. The van der Waals surface area contributed by atoms with E-state index in [2.05, 4.69) is 40.5 Å². The lowest BCUT2D eigenvalue weighted by atomic mass is 10.1. The molecular formula is C28H30N4O2. The van der Waals surface area contributed by atoms with Crippen molar-refractivity contribution >= 4 is 39.5 Å². The number of allylic oxidation sites excluding steroid dienone is 2. The van der Waals surface area contributed by atoms with Crippen LogP contribution in [0.4, 0.5) is 5.82 Å². The van der Waals surface area contributed by atoms with E-state index in [9.17, 15) is 4.79 Å². The van der Waals surface area contributed by atoms with E-state index in [1.807, 2.05) is 55.7 Å². The third-order valence-corrected chi connectivity index (χ3v) is 5.79. The van der Waals surface area contributed by atoms with Crippen LogP contribution < -0.4 is 5.73 Å². The lowest BCUT2D eigenvalue weighted by Crippen LogP contribution is -2.04. The molecule has 2 aromatic heterocycles. The van der Waals surface area contributed by atoms with Crippen LogP contribution in [-0.2, 0) is 22.5 Å². The van der Waals surface area contributed by atoms with Gasteiger partial charge in [-0.25, -0.2) is 14.8 Å². The van der Waals surface area contributed by atoms with E-state index < -0.39 is 0 Å². The Morgan fingerprint density at radius 1 is 1.18 bits per heavy atom. The highest BCUT2D eigenvalue weighted by molar-refractivity contribution is 6.06. The maximum absolute atomic E-state index is 11.6. The zero-order valence-electron chi connectivity index (χ0n) is 20.1. The molecule has 5 rings (SSSR count). The maximum Gasteiger partial charge on any atom is 0.338 e. The summed E-state index contributed by atoms with van der Waals surface area (Å²) in [5.74, 6) is 1.48. The Hall–Kier alpha value is -3.93. The van der Waals surface area contributed by atoms with Crippen LogP contribution in [0.5, 0.6) is 0 Å². The summed E-state index contributed by atoms with van der Waals surface area (Å²) in [5.41, 5.74) is 11.7. The van der Waals surface area contributed by atoms with Crippen molar-refractivity contribution in [1.82, 2.24) is 14.5 Å². The highest BCUT2D eigenvalue weighted by atomic mass is 16.5. The molecule has 0 unspecified atom stereocenters. The van der Waals surface area contributed by atoms with E-state index in [0.29, 0.717) is 23.1 Å². The summed E-state index contributed by atoms with van der Waals surface area (Å²) in [6.45, 7) is 8.90. The monoisotopic (exact) mass is 454 g/mol. The molecule has 0 bridgehead atoms. The SMILES string of the molecule is C/C=C(/C)C(=O)OC1=CCc2ccccc21.CC(C)Cn1cnc2c(N)nc3ccccc3c21. The van der Waals surface area contributed by atoms with Crippen LogP contribution in [0.25, 0.3) is 27.7 Å². The zero-order chi connectivity index (χ0) is 24.2. The number of nitrogens with zero attached hydrogens (tertiary/aromatic N) is 3. The molecule has 34 heavy (non-hydrogen) atoms. The van der Waals surface area contributed by atoms with Gasteiger partial charge in [0.15, 0.2) is 5.82 Å². The number of rotatable bonds is 4. The van der Waals surface area contributed by atoms with Gasteiger partial charge >= 0.3 is 5.97 Å². The summed E-state index contributed by atoms with van der Waals surface area (Å²) in [4.78, 5) is 20.4. The van der Waals surface area contributed by atoms with Crippen molar-refractivity contribution in [1.29, 1.82) is 0 Å². The number of esters is 1. The van der Waals surface area contributed by atoms with Crippen LogP contribution in [0, 0.1) is 5.92 Å². The Bertz CT molecular complexity index is 1410. The molecule has 2 N–H and O–H groups in total. The average Bonchev–Trinajstić information content (AvgIpc) is 3.44. The van der Waals surface area contributed by atoms with Crippen molar-refractivity contribution in [3.05, 3.63) is 83.7 Å². The molecular weight excluding hydrogens is 424 g/mol. The number of benzene rings is 2. The van der Waals surface area contributed by atoms with E-state index in [0.717, 1.165) is 40.5 Å². The van der Waals surface area contributed by atoms with E-state index in [-0.39, 0.29) is 5.97 Å². The first kappa shape index (κ1) is 23.2. The fourth-order valence-electron chi connectivity index (χ4n) is 3.98. The van der Waals surface area contributed by atoms with Gasteiger partial charge in [-0.15, -0.1) is 0 Å². The van der Waals surface area contributed by atoms with E-state index in [4.69, 9.17) is 10.5 Å². The second-order valence-electron chi connectivity index (χ2n) is 8.79. The summed E-state index contributed by atoms with van der Waals surface area (Å²) < 4.78 is 7.51. The van der Waals surface area contributed by atoms with Crippen LogP contribution in [0.1, 0.15) is 38.8 Å². The summed E-state index contributed by atoms with van der Waals surface area (Å²) in [5, 5.41) is 1.11. The smallest absolute Gasteiger partial charge is 0.338 e. The molecule has 0 saturated heterocycles. The highest BCUT2D eigenvalue weighted by Crippen LogP contribution is 2.29. The Morgan fingerprint density at radius 2 is 1.91 bits per heavy atom. The molecule has 174 valence electrons. The van der Waals surface area contributed by atoms with Crippen LogP contribution >= 0.6 is 0 Å². The number of carbonyl (C=O) groups excluding carboxylic acids is 1. The number of hydrogen-bond donors (Lipinski definition) is 1. The molecule has 0 radical (unpaired) electrons. The second kappa shape index (κ2) is 9.91. The van der Waals surface area contributed by atoms with Gasteiger partial charge < -0.3 is 15.0 Å². The number of hydrogen-bond acceptors (Lipinski definition) is 5. The van der Waals surface area contributed by atoms with Gasteiger partial charge in [0.25, 0.3) is 0 Å². The molecule has 6 heteroatoms. The van der Waals surface area contributed by atoms with Gasteiger partial charge in [-0.2, -0.15) is 0 Å². The molecule has 1 aliphatic carbocycles. The molecule has 2 heterocycles. The maximum atomic E-state index is 11.6. The van der Waals surface area contributed by atoms with Gasteiger partial charge in [0.2, 0.25) is 0 Å². The lowest BCUT2D eigenvalue weighted by Gasteiger charge is -2.09. The zero-order valence-corrected chi connectivity index (χ0v) is 20.1. The molecule has 0 aliphatic heterocycles. The van der Waals surface area contributed by atoms with Gasteiger partial charge in [-0.05, 0) is 43.9 Å². The number of nitrogen functional groups attached to an aromatic ring is 1. The van der Waals surface area contributed by atoms with Crippen molar-refractivity contribution in [2.75, 3.05) is 5.73 Å². The van der Waals surface area contributed by atoms with Crippen LogP contribution in [0.3, 0.4) is 0 Å². The normalized spacial score (nSPS) is 13.0. The van der Waals surface area contributed by atoms with Crippen molar-refractivity contribution in [2.24, 2.45) is 5.92 Å². The van der Waals surface area contributed by atoms with Crippen LogP contribution in [0.2, 0.25) is 0 Å². The Balaban J connectivity index is 0.000000162. The minimum atomic E-state index is -0.273. The summed E-state index contributed by atoms with van der Waals surface area (Å²) >= 11 is 0. The minimum absolute atomic E-state index is 0.273. The first-order valence-electron chi connectivity index (χ1n) is 11.5. The molecule has 0 amide bonds. The number of fused-ring (bicyclic) bond motifs is 4. The summed E-state index contributed by atoms with van der Waals surface area (Å²) in [6.07, 6.45) is 6.40. The third-order valence-electron chi connectivity index (χ3n) is 5.79. The quantitative estimate of drug-likeness (QED) is 0.306. The molecule has 4 aromatic rings. The standard InChI is InChI=1S/C14H16N4.C14H14O2/c1-9(2)7-18-8-16-12-13(18)10-5-3-4-6-11(10)17-14(12)15;1-3-10(2)14(15)16-13-9-8-11-6-4-5-7-12(11)13/h3-6,8-9H,7H2,1-2H3,(H2,15,17);3-7,9H,8H2,1-2H3/b;10-3-. The Labute approximate surface area is 199 Å². The number of imidazole rings is 1. The predicted octanol–water partition coefficient (Wildman–Crippen LogP) is 5.92. The van der Waals surface area contributed by atoms with E-state index in [1.54, 1.807) is 13.0 Å². The number of carbonyl (C=O) groups is 1. The number of ether oxygens (including phenoxy) is 1. The largest absolute Gasteiger partial charge is 0.423 e. The van der Waals surface area contributed by atoms with Crippen LogP contribution in [-0.4, -0.2) is 20.5 Å². The number of pyridine rings is 1. The van der Waals surface area contributed by atoms with Gasteiger partial charge in [-0.3, -0.25) is 0 Å². The third kappa shape index (κ3) is 4.71. The first-order valence-corrected chi connectivity index (χ1v) is 11.5. The Morgan fingerprint density at radius 3 is 2.68 bits per heavy atom. The topological polar surface area (TPSA) is 83.0 Å². The Kier molecular flexibility index (Phi) is 6.77. The molecule has 1 aliphatic rings. The number of para-hydroxylation sites is 1. The number of nitrogens with two attached hydrogens (primary N) is 1. The number of anilines is 1. The second-order valence-corrected chi connectivity index (χ2v) is 8.79. The predicted molar refractivity (Wildman–Crippen MR) is 138 cm³/mol. The summed E-state index contributed by atoms with van der Waals surface area (Å²) in [6, 6.07) is 16.0. The molecule has 0 spiro atoms. The summed E-state index contributed by atoms with van der Waals surface area (Å²) in [7, 11) is 0. The number of aromatic nitrogens is 3. The lowest BCUT2D eigenvalue weighted by molar-refractivity contribution is -0.132. The van der Waals surface area contributed by atoms with Crippen molar-refractivity contribution in [3.8, 4) is 0 Å². The molecule has 0 fully saturated rings. The highest BCUT2D eigenvalue weighted by Gasteiger charge is 2.18. The van der Waals surface area contributed by atoms with Gasteiger partial charge in [-0.1, -0.05) is 62.4 Å². The van der Waals surface area contributed by atoms with E-state index >= 15 is 0 Å². The van der Waals surface area contributed by atoms with Gasteiger partial charge in [0.1, 0.15) is 11.3 Å². The molecule has 6 nitrogen and oxygen atoms in total. The fourth-order valence-corrected chi connectivity index (χ4v) is 3.98. The van der Waals surface area contributed by atoms with E-state index in [1.165, 1.54) is 5.56 Å². The minimum Gasteiger partial charge on any atom is -0.423 e. The molecule has 0 saturated carbocycles. The molecule has 0 atom stereocenters. The van der Waals surface area contributed by atoms with Gasteiger partial charge in [0, 0.05) is 23.1 Å². The van der Waals surface area contributed by atoms with Crippen LogP contribution in [0.15, 0.2) is 72.6 Å². The molecule has 2 aromatic carbocycles. The average molecular weight is 455 g/mol. The van der Waals surface area contributed by atoms with Crippen molar-refractivity contribution < 1.29 is 9.53 Å². The van der Waals surface area contributed by atoms with Crippen molar-refractivity contribution in [3.63, 3.8) is 0 Å². The van der Waals surface area contributed by atoms with Gasteiger partial charge in [0.05, 0.1) is 17.4 Å². The first-order chi connectivity index (χ1) is 16.4. The van der Waals surface area contributed by atoms with Crippen molar-refractivity contribution in [2.45, 2.75) is 40.7 Å².